The van der Waals surface area contributed by atoms with Crippen LogP contribution in [0.3, 0.4) is 0 Å². The van der Waals surface area contributed by atoms with Crippen LogP contribution < -0.4 is 10.9 Å². The van der Waals surface area contributed by atoms with E-state index in [0.717, 1.165) is 11.1 Å². The van der Waals surface area contributed by atoms with Gasteiger partial charge < -0.3 is 9.11 Å². The molecular weight excluding hydrogens is 460 g/mol. The number of hydrogen-bond acceptors (Lipinski definition) is 10. The average molecular weight is 483 g/mol. The van der Waals surface area contributed by atoms with Crippen LogP contribution in [0.1, 0.15) is 11.1 Å². The van der Waals surface area contributed by atoms with Crippen LogP contribution >= 0.6 is 0 Å². The number of quaternary nitrogens is 2. The fourth-order valence-electron chi connectivity index (χ4n) is 1.79. The van der Waals surface area contributed by atoms with E-state index in [1.54, 1.807) is 59.9 Å². The molecule has 0 unspecified atom stereocenters. The smallest absolute Gasteiger partial charge is 0.141 e. The van der Waals surface area contributed by atoms with Gasteiger partial charge in [-0.25, -0.2) is 16.8 Å². The molecule has 0 saturated carbocycles. The summed E-state index contributed by atoms with van der Waals surface area (Å²) in [5, 5.41) is 13.9. The highest BCUT2D eigenvalue weighted by molar-refractivity contribution is 7.86. The maximum absolute atomic E-state index is 10.4. The molecule has 2 aliphatic heterocycles. The van der Waals surface area contributed by atoms with Gasteiger partial charge in [-0.3, -0.25) is 0 Å². The number of rotatable bonds is 2. The molecule has 12 nitrogen and oxygen atoms in total. The van der Waals surface area contributed by atoms with Crippen molar-refractivity contribution < 1.29 is 36.8 Å². The van der Waals surface area contributed by atoms with Gasteiger partial charge in [-0.05, 0) is 38.1 Å². The van der Waals surface area contributed by atoms with Crippen molar-refractivity contribution in [3.63, 3.8) is 0 Å². The van der Waals surface area contributed by atoms with Crippen LogP contribution in [0.4, 0.5) is 0 Å². The molecule has 32 heavy (non-hydrogen) atoms. The summed E-state index contributed by atoms with van der Waals surface area (Å²) in [6.07, 6.45) is 6.83. The lowest BCUT2D eigenvalue weighted by Gasteiger charge is -2.05. The quantitative estimate of drug-likeness (QED) is 0.464. The summed E-state index contributed by atoms with van der Waals surface area (Å²) in [5.74, 6) is 0. The van der Waals surface area contributed by atoms with E-state index in [1.165, 1.54) is 24.3 Å². The van der Waals surface area contributed by atoms with Gasteiger partial charge in [0, 0.05) is 10.4 Å². The predicted molar refractivity (Wildman–Crippen MR) is 110 cm³/mol. The molecule has 2 heterocycles. The third-order valence-corrected chi connectivity index (χ3v) is 5.06. The van der Waals surface area contributed by atoms with Crippen molar-refractivity contribution in [1.82, 2.24) is 0 Å². The van der Waals surface area contributed by atoms with Gasteiger partial charge in [0.15, 0.2) is 0 Å². The van der Waals surface area contributed by atoms with Crippen molar-refractivity contribution in [3.05, 3.63) is 84.5 Å². The zero-order chi connectivity index (χ0) is 24.0. The second-order valence-electron chi connectivity index (χ2n) is 5.98. The Hall–Kier alpha value is -3.14. The van der Waals surface area contributed by atoms with Crippen LogP contribution in [-0.4, -0.2) is 25.9 Å². The molecule has 0 amide bonds. The van der Waals surface area contributed by atoms with Crippen LogP contribution in [0.25, 0.3) is 0 Å². The Morgan fingerprint density at radius 2 is 0.938 bits per heavy atom. The lowest BCUT2D eigenvalue weighted by Crippen LogP contribution is -2.68. The number of nitrogens with two attached hydrogens (primary N) is 2. The van der Waals surface area contributed by atoms with E-state index >= 15 is 0 Å². The highest BCUT2D eigenvalue weighted by atomic mass is 32.2. The fourth-order valence-corrected chi connectivity index (χ4v) is 2.73. The highest BCUT2D eigenvalue weighted by Crippen LogP contribution is 2.09. The first kappa shape index (κ1) is 26.9. The predicted octanol–water partition coefficient (Wildman–Crippen LogP) is 0.602. The van der Waals surface area contributed by atoms with Crippen LogP contribution in [0.5, 0.6) is 0 Å². The molecule has 0 atom stereocenters. The molecule has 0 aromatic heterocycles. The molecule has 2 aliphatic rings. The van der Waals surface area contributed by atoms with Gasteiger partial charge in [0.2, 0.25) is 0 Å². The van der Waals surface area contributed by atoms with Crippen molar-refractivity contribution >= 4 is 20.2 Å². The Kier molecular flexibility index (Phi) is 11.2. The minimum atomic E-state index is -4.27. The molecule has 0 spiro atoms. The van der Waals surface area contributed by atoms with Crippen LogP contribution in [0.15, 0.2) is 104 Å². The Labute approximate surface area is 185 Å². The van der Waals surface area contributed by atoms with E-state index in [9.17, 15) is 25.9 Å². The number of benzene rings is 2. The van der Waals surface area contributed by atoms with E-state index in [-0.39, 0.29) is 9.79 Å². The molecule has 0 bridgehead atoms. The fraction of sp³-hybridized carbons (Fsp3) is 0.111. The lowest BCUT2D eigenvalue weighted by molar-refractivity contribution is -0.595. The monoisotopic (exact) mass is 482 g/mol. The van der Waals surface area contributed by atoms with Gasteiger partial charge in [-0.15, -0.1) is 10.2 Å². The van der Waals surface area contributed by atoms with E-state index in [0.29, 0.717) is 0 Å². The largest absolute Gasteiger partial charge is 0.744 e. The van der Waals surface area contributed by atoms with Gasteiger partial charge in [0.1, 0.15) is 45.0 Å². The van der Waals surface area contributed by atoms with E-state index < -0.39 is 20.2 Å². The Bertz CT molecular complexity index is 1060. The molecule has 14 heteroatoms. The van der Waals surface area contributed by atoms with Crippen LogP contribution in [0, 0.1) is 13.8 Å². The summed E-state index contributed by atoms with van der Waals surface area (Å²) in [6, 6.07) is 11.6. The average Bonchev–Trinajstić information content (AvgIpc) is 3.47. The minimum absolute atomic E-state index is 0.178. The molecule has 0 radical (unpaired) electrons. The highest BCUT2D eigenvalue weighted by Gasteiger charge is 1.98. The summed E-state index contributed by atoms with van der Waals surface area (Å²) in [5.41, 5.74) is 5.13. The second-order valence-corrected chi connectivity index (χ2v) is 8.74. The van der Waals surface area contributed by atoms with Crippen molar-refractivity contribution in [2.24, 2.45) is 20.7 Å². The summed E-state index contributed by atoms with van der Waals surface area (Å²) >= 11 is 0. The number of hydrogen-bond donors (Lipinski definition) is 2. The van der Waals surface area contributed by atoms with Crippen molar-refractivity contribution in [3.8, 4) is 0 Å². The molecule has 4 N–H and O–H groups in total. The molecule has 4 rings (SSSR count). The van der Waals surface area contributed by atoms with Crippen LogP contribution in [0.2, 0.25) is 0 Å². The molecule has 2 aromatic carbocycles. The van der Waals surface area contributed by atoms with Crippen molar-refractivity contribution in [2.45, 2.75) is 23.6 Å². The molecule has 2 aromatic rings. The molecule has 0 saturated heterocycles. The Morgan fingerprint density at radius 3 is 1.09 bits per heavy atom. The summed E-state index contributed by atoms with van der Waals surface area (Å²) < 4.78 is 62.3. The van der Waals surface area contributed by atoms with Crippen LogP contribution in [-0.2, 0) is 20.2 Å². The van der Waals surface area contributed by atoms with Crippen molar-refractivity contribution in [2.75, 3.05) is 0 Å². The van der Waals surface area contributed by atoms with Crippen molar-refractivity contribution in [1.29, 1.82) is 0 Å². The van der Waals surface area contributed by atoms with Gasteiger partial charge in [0.05, 0.1) is 9.79 Å². The summed E-state index contributed by atoms with van der Waals surface area (Å²) in [7, 11) is -8.54. The maximum Gasteiger partial charge on any atom is 0.141 e. The zero-order valence-corrected chi connectivity index (χ0v) is 18.8. The Morgan fingerprint density at radius 1 is 0.625 bits per heavy atom. The zero-order valence-electron chi connectivity index (χ0n) is 17.1. The standard InChI is InChI=1S/2C7H8O3S.2C2H3N3/c2*1-6-2-4-7(5-3-6)11(8,9)10;2*1-2-4-5-3-1/h2*2-5H,1H3,(H,8,9,10);2*1-2H,(H,3,4,5). The van der Waals surface area contributed by atoms with Gasteiger partial charge >= 0.3 is 0 Å². The van der Waals surface area contributed by atoms with E-state index in [4.69, 9.17) is 0 Å². The lowest BCUT2D eigenvalue weighted by atomic mass is 10.2. The molecular formula is C18H22N6O6S2. The van der Waals surface area contributed by atoms with E-state index in [1.807, 2.05) is 13.8 Å². The minimum Gasteiger partial charge on any atom is -0.744 e. The maximum atomic E-state index is 10.4. The first-order valence-electron chi connectivity index (χ1n) is 8.82. The number of nitrogens with zero attached hydrogens (tertiary/aromatic N) is 4. The summed E-state index contributed by atoms with van der Waals surface area (Å²) in [6.45, 7) is 3.64. The normalized spacial score (nSPS) is 13.4. The molecule has 172 valence electrons. The Balaban J connectivity index is 0.000000227. The van der Waals surface area contributed by atoms with Gasteiger partial charge in [-0.1, -0.05) is 35.4 Å². The van der Waals surface area contributed by atoms with Gasteiger partial charge in [0.25, 0.3) is 0 Å². The number of aryl methyl sites for hydroxylation is 2. The first-order valence-corrected chi connectivity index (χ1v) is 11.6. The SMILES string of the molecule is C1=C[NH2+]N=N1.C1=C[NH2+]N=N1.Cc1ccc(S(=O)(=O)[O-])cc1.Cc1ccc(S(=O)(=O)[O-])cc1. The third-order valence-electron chi connectivity index (χ3n) is 3.36. The van der Waals surface area contributed by atoms with Gasteiger partial charge in [-0.2, -0.15) is 10.9 Å². The topological polar surface area (TPSA) is 197 Å². The third kappa shape index (κ3) is 11.9. The first-order chi connectivity index (χ1) is 15.0. The second kappa shape index (κ2) is 13.3. The molecule has 0 aliphatic carbocycles. The summed E-state index contributed by atoms with van der Waals surface area (Å²) in [4.78, 5) is -0.355. The molecule has 0 fully saturated rings. The van der Waals surface area contributed by atoms with E-state index in [2.05, 4.69) is 20.7 Å².